The van der Waals surface area contributed by atoms with Gasteiger partial charge in [0, 0.05) is 13.0 Å². The van der Waals surface area contributed by atoms with E-state index in [1.807, 2.05) is 72.8 Å². The van der Waals surface area contributed by atoms with Crippen molar-refractivity contribution in [3.05, 3.63) is 107 Å². The molecule has 30 heavy (non-hydrogen) atoms. The van der Waals surface area contributed by atoms with Gasteiger partial charge < -0.3 is 10.6 Å². The summed E-state index contributed by atoms with van der Waals surface area (Å²) in [6.07, 6.45) is 1.48. The number of nitrogens with one attached hydrogen (secondary N) is 2. The molecule has 3 aromatic rings. The lowest BCUT2D eigenvalue weighted by Gasteiger charge is -2.49. The molecule has 5 rings (SSSR count). The predicted molar refractivity (Wildman–Crippen MR) is 115 cm³/mol. The third-order valence-electron chi connectivity index (χ3n) is 6.67. The monoisotopic (exact) mass is 396 g/mol. The van der Waals surface area contributed by atoms with Crippen molar-refractivity contribution in [2.24, 2.45) is 5.41 Å². The van der Waals surface area contributed by atoms with Crippen LogP contribution in [-0.4, -0.2) is 11.8 Å². The molecule has 0 aromatic heterocycles. The molecule has 2 atom stereocenters. The molecule has 1 aliphatic heterocycles. The van der Waals surface area contributed by atoms with Crippen molar-refractivity contribution in [1.29, 1.82) is 0 Å². The van der Waals surface area contributed by atoms with Gasteiger partial charge in [0.2, 0.25) is 11.8 Å². The molecule has 2 amide bonds. The number of hydrogen-bond donors (Lipinski definition) is 2. The smallest absolute Gasteiger partial charge is 0.229 e. The Balaban J connectivity index is 1.63. The van der Waals surface area contributed by atoms with E-state index in [1.165, 1.54) is 0 Å². The van der Waals surface area contributed by atoms with Crippen LogP contribution < -0.4 is 10.6 Å². The van der Waals surface area contributed by atoms with Crippen molar-refractivity contribution in [2.45, 2.75) is 31.3 Å². The number of piperidine rings is 1. The number of amides is 2. The van der Waals surface area contributed by atoms with Crippen LogP contribution in [0.4, 0.5) is 0 Å². The zero-order chi connectivity index (χ0) is 20.6. The fourth-order valence-electron chi connectivity index (χ4n) is 5.32. The fourth-order valence-corrected chi connectivity index (χ4v) is 5.32. The van der Waals surface area contributed by atoms with Gasteiger partial charge in [0.05, 0.1) is 5.41 Å². The van der Waals surface area contributed by atoms with E-state index in [9.17, 15) is 9.59 Å². The van der Waals surface area contributed by atoms with Gasteiger partial charge in [-0.3, -0.25) is 9.59 Å². The molecule has 1 aliphatic carbocycles. The summed E-state index contributed by atoms with van der Waals surface area (Å²) < 4.78 is 0. The summed E-state index contributed by atoms with van der Waals surface area (Å²) in [5.41, 5.74) is 2.54. The van der Waals surface area contributed by atoms with Crippen molar-refractivity contribution in [1.82, 2.24) is 10.6 Å². The first-order valence-corrected chi connectivity index (χ1v) is 10.4. The van der Waals surface area contributed by atoms with E-state index in [4.69, 9.17) is 0 Å². The van der Waals surface area contributed by atoms with E-state index >= 15 is 0 Å². The molecule has 0 saturated carbocycles. The van der Waals surface area contributed by atoms with Crippen LogP contribution >= 0.6 is 0 Å². The molecule has 1 saturated heterocycles. The molecule has 0 unspecified atom stereocenters. The average molecular weight is 396 g/mol. The number of fused-ring (bicyclic) bond motifs is 3. The van der Waals surface area contributed by atoms with Crippen LogP contribution in [0.15, 0.2) is 84.9 Å². The van der Waals surface area contributed by atoms with Crippen LogP contribution in [-0.2, 0) is 28.1 Å². The summed E-state index contributed by atoms with van der Waals surface area (Å²) >= 11 is 0. The van der Waals surface area contributed by atoms with E-state index in [0.29, 0.717) is 25.8 Å². The van der Waals surface area contributed by atoms with Gasteiger partial charge in [-0.2, -0.15) is 0 Å². The highest BCUT2D eigenvalue weighted by Crippen LogP contribution is 2.58. The van der Waals surface area contributed by atoms with Gasteiger partial charge in [-0.05, 0) is 35.1 Å². The second kappa shape index (κ2) is 7.13. The molecule has 1 fully saturated rings. The fraction of sp³-hybridized carbons (Fsp3) is 0.231. The molecular formula is C26H24N2O2. The lowest BCUT2D eigenvalue weighted by molar-refractivity contribution is -0.142. The molecule has 0 spiro atoms. The molecule has 150 valence electrons. The SMILES string of the molecule is O=C1CC[C@@]2(C(=O)NCc3ccccc3)Cc3ccccc3[C@@]2(c2ccccc2)N1. The minimum absolute atomic E-state index is 0.00796. The highest BCUT2D eigenvalue weighted by atomic mass is 16.2. The van der Waals surface area contributed by atoms with Gasteiger partial charge >= 0.3 is 0 Å². The van der Waals surface area contributed by atoms with E-state index in [2.05, 4.69) is 22.8 Å². The summed E-state index contributed by atoms with van der Waals surface area (Å²) in [6.45, 7) is 0.469. The number of carbonyl (C=O) groups excluding carboxylic acids is 2. The van der Waals surface area contributed by atoms with Gasteiger partial charge in [0.1, 0.15) is 5.54 Å². The molecular weight excluding hydrogens is 372 g/mol. The van der Waals surface area contributed by atoms with E-state index in [0.717, 1.165) is 22.3 Å². The zero-order valence-corrected chi connectivity index (χ0v) is 16.7. The first-order chi connectivity index (χ1) is 14.7. The number of benzene rings is 3. The Morgan fingerprint density at radius 2 is 1.57 bits per heavy atom. The summed E-state index contributed by atoms with van der Waals surface area (Å²) in [5.74, 6) is -0.0200. The van der Waals surface area contributed by atoms with Crippen LogP contribution in [0.2, 0.25) is 0 Å². The van der Waals surface area contributed by atoms with Crippen LogP contribution in [0.5, 0.6) is 0 Å². The van der Waals surface area contributed by atoms with Gasteiger partial charge in [-0.15, -0.1) is 0 Å². The molecule has 3 aromatic carbocycles. The van der Waals surface area contributed by atoms with Crippen molar-refractivity contribution >= 4 is 11.8 Å². The lowest BCUT2D eigenvalue weighted by atomic mass is 9.61. The maximum atomic E-state index is 13.9. The van der Waals surface area contributed by atoms with E-state index in [1.54, 1.807) is 0 Å². The summed E-state index contributed by atoms with van der Waals surface area (Å²) in [6, 6.07) is 28.0. The average Bonchev–Trinajstić information content (AvgIpc) is 3.10. The number of rotatable bonds is 4. The van der Waals surface area contributed by atoms with Crippen molar-refractivity contribution in [3.8, 4) is 0 Å². The molecule has 0 bridgehead atoms. The third kappa shape index (κ3) is 2.67. The summed E-state index contributed by atoms with van der Waals surface area (Å²) in [7, 11) is 0. The van der Waals surface area contributed by atoms with Gasteiger partial charge in [0.25, 0.3) is 0 Å². The maximum absolute atomic E-state index is 13.9. The Bertz CT molecular complexity index is 1100. The van der Waals surface area contributed by atoms with Crippen molar-refractivity contribution in [3.63, 3.8) is 0 Å². The van der Waals surface area contributed by atoms with Gasteiger partial charge in [-0.25, -0.2) is 0 Å². The molecule has 1 heterocycles. The Kier molecular flexibility index (Phi) is 4.43. The standard InChI is InChI=1S/C26H24N2O2/c29-23-15-16-25(24(30)27-18-19-9-3-1-4-10-19)17-20-11-7-8-14-22(20)26(25,28-23)21-12-5-2-6-13-21/h1-14H,15-18H2,(H,27,30)(H,28,29)/t25-,26+/m0/s1. The minimum Gasteiger partial charge on any atom is -0.351 e. The van der Waals surface area contributed by atoms with Crippen molar-refractivity contribution in [2.75, 3.05) is 0 Å². The zero-order valence-electron chi connectivity index (χ0n) is 16.7. The van der Waals surface area contributed by atoms with Crippen LogP contribution in [0.3, 0.4) is 0 Å². The maximum Gasteiger partial charge on any atom is 0.229 e. The second-order valence-corrected chi connectivity index (χ2v) is 8.25. The van der Waals surface area contributed by atoms with Gasteiger partial charge in [0.15, 0.2) is 0 Å². The van der Waals surface area contributed by atoms with Crippen molar-refractivity contribution < 1.29 is 9.59 Å². The number of carbonyl (C=O) groups is 2. The van der Waals surface area contributed by atoms with Crippen LogP contribution in [0.25, 0.3) is 0 Å². The van der Waals surface area contributed by atoms with E-state index < -0.39 is 11.0 Å². The molecule has 4 heteroatoms. The Morgan fingerprint density at radius 1 is 0.900 bits per heavy atom. The normalized spacial score (nSPS) is 24.5. The summed E-state index contributed by atoms with van der Waals surface area (Å²) in [5, 5.41) is 6.47. The Hall–Kier alpha value is -3.40. The van der Waals surface area contributed by atoms with Gasteiger partial charge in [-0.1, -0.05) is 84.9 Å². The third-order valence-corrected chi connectivity index (χ3v) is 6.67. The minimum atomic E-state index is -0.860. The molecule has 2 aliphatic rings. The number of hydrogen-bond acceptors (Lipinski definition) is 2. The molecule has 4 nitrogen and oxygen atoms in total. The first-order valence-electron chi connectivity index (χ1n) is 10.4. The molecule has 2 N–H and O–H groups in total. The summed E-state index contributed by atoms with van der Waals surface area (Å²) in [4.78, 5) is 26.6. The Morgan fingerprint density at radius 3 is 2.33 bits per heavy atom. The highest BCUT2D eigenvalue weighted by molar-refractivity contribution is 5.92. The largest absolute Gasteiger partial charge is 0.351 e. The van der Waals surface area contributed by atoms with E-state index in [-0.39, 0.29) is 11.8 Å². The topological polar surface area (TPSA) is 58.2 Å². The predicted octanol–water partition coefficient (Wildman–Crippen LogP) is 3.70. The van der Waals surface area contributed by atoms with Crippen LogP contribution in [0, 0.1) is 5.41 Å². The Labute approximate surface area is 176 Å². The second-order valence-electron chi connectivity index (χ2n) is 8.25. The van der Waals surface area contributed by atoms with Crippen LogP contribution in [0.1, 0.15) is 35.1 Å². The lowest BCUT2D eigenvalue weighted by Crippen LogP contribution is -2.64. The quantitative estimate of drug-likeness (QED) is 0.707. The highest BCUT2D eigenvalue weighted by Gasteiger charge is 2.65. The molecule has 0 radical (unpaired) electrons. The first kappa shape index (κ1) is 18.6.